The van der Waals surface area contributed by atoms with Gasteiger partial charge in [-0.25, -0.2) is 8.42 Å². The summed E-state index contributed by atoms with van der Waals surface area (Å²) in [6.07, 6.45) is 0.420. The first-order valence-electron chi connectivity index (χ1n) is 10.3. The summed E-state index contributed by atoms with van der Waals surface area (Å²) in [5, 5.41) is 3.73. The summed E-state index contributed by atoms with van der Waals surface area (Å²) >= 11 is 0. The lowest BCUT2D eigenvalue weighted by atomic mass is 10.1. The summed E-state index contributed by atoms with van der Waals surface area (Å²) in [5.74, 6) is -1.16. The standard InChI is InChI=1S/C21H24N4O6S/c1-13-18(15(3)31-22-13)32(29,30)24-10-6-9-23(11-12-24)19(26)14(2)25-20(27)16-7-4-5-8-17(16)21(25)28/h4-5,7-8,14H,6,9-12H2,1-3H3. The van der Waals surface area contributed by atoms with Crippen LogP contribution in [0.5, 0.6) is 0 Å². The number of fused-ring (bicyclic) bond motifs is 1. The van der Waals surface area contributed by atoms with Crippen LogP contribution in [-0.4, -0.2) is 77.6 Å². The molecule has 0 radical (unpaired) electrons. The Morgan fingerprint density at radius 1 is 1.03 bits per heavy atom. The van der Waals surface area contributed by atoms with Crippen LogP contribution in [0.2, 0.25) is 0 Å². The van der Waals surface area contributed by atoms with E-state index in [0.29, 0.717) is 18.7 Å². The van der Waals surface area contributed by atoms with Crippen molar-refractivity contribution < 1.29 is 27.3 Å². The van der Waals surface area contributed by atoms with Crippen LogP contribution < -0.4 is 0 Å². The first-order valence-corrected chi connectivity index (χ1v) is 11.8. The molecule has 1 fully saturated rings. The minimum Gasteiger partial charge on any atom is -0.360 e. The number of hydrogen-bond donors (Lipinski definition) is 0. The van der Waals surface area contributed by atoms with E-state index in [1.807, 2.05) is 0 Å². The van der Waals surface area contributed by atoms with Crippen LogP contribution in [0.25, 0.3) is 0 Å². The van der Waals surface area contributed by atoms with Gasteiger partial charge in [0.25, 0.3) is 11.8 Å². The molecule has 4 rings (SSSR count). The van der Waals surface area contributed by atoms with E-state index in [4.69, 9.17) is 4.52 Å². The van der Waals surface area contributed by atoms with Crippen LogP contribution in [0.4, 0.5) is 0 Å². The zero-order valence-electron chi connectivity index (χ0n) is 18.1. The number of imide groups is 1. The molecule has 3 heterocycles. The van der Waals surface area contributed by atoms with Crippen molar-refractivity contribution in [1.29, 1.82) is 0 Å². The van der Waals surface area contributed by atoms with E-state index in [1.165, 1.54) is 16.1 Å². The molecule has 11 heteroatoms. The smallest absolute Gasteiger partial charge is 0.262 e. The number of hydrogen-bond acceptors (Lipinski definition) is 7. The monoisotopic (exact) mass is 460 g/mol. The van der Waals surface area contributed by atoms with Gasteiger partial charge in [0.1, 0.15) is 16.6 Å². The molecule has 0 saturated carbocycles. The second-order valence-electron chi connectivity index (χ2n) is 7.94. The van der Waals surface area contributed by atoms with Gasteiger partial charge in [0.2, 0.25) is 15.9 Å². The minimum atomic E-state index is -3.82. The Labute approximate surface area is 185 Å². The van der Waals surface area contributed by atoms with Crippen LogP contribution >= 0.6 is 0 Å². The highest BCUT2D eigenvalue weighted by Crippen LogP contribution is 2.27. The van der Waals surface area contributed by atoms with Gasteiger partial charge in [0, 0.05) is 26.2 Å². The van der Waals surface area contributed by atoms with Crippen LogP contribution in [0.3, 0.4) is 0 Å². The normalized spacial score (nSPS) is 18.6. The topological polar surface area (TPSA) is 121 Å². The number of carbonyl (C=O) groups is 3. The second-order valence-corrected chi connectivity index (χ2v) is 9.81. The molecular formula is C21H24N4O6S. The fourth-order valence-corrected chi connectivity index (χ4v) is 6.02. The highest BCUT2D eigenvalue weighted by molar-refractivity contribution is 7.89. The molecule has 32 heavy (non-hydrogen) atoms. The maximum atomic E-state index is 13.2. The number of sulfonamides is 1. The van der Waals surface area contributed by atoms with Crippen LogP contribution in [-0.2, 0) is 14.8 Å². The largest absolute Gasteiger partial charge is 0.360 e. The van der Waals surface area contributed by atoms with E-state index in [-0.39, 0.29) is 41.4 Å². The van der Waals surface area contributed by atoms with E-state index in [0.717, 1.165) is 4.90 Å². The molecule has 10 nitrogen and oxygen atoms in total. The minimum absolute atomic E-state index is 0.0525. The van der Waals surface area contributed by atoms with Gasteiger partial charge in [-0.05, 0) is 39.3 Å². The van der Waals surface area contributed by atoms with E-state index in [9.17, 15) is 22.8 Å². The summed E-state index contributed by atoms with van der Waals surface area (Å²) in [5.41, 5.74) is 0.855. The van der Waals surface area contributed by atoms with Gasteiger partial charge in [-0.15, -0.1) is 0 Å². The molecule has 0 aliphatic carbocycles. The third-order valence-electron chi connectivity index (χ3n) is 5.90. The first kappa shape index (κ1) is 22.2. The molecule has 0 bridgehead atoms. The van der Waals surface area contributed by atoms with Crippen LogP contribution in [0.15, 0.2) is 33.7 Å². The number of carbonyl (C=O) groups excluding carboxylic acids is 3. The van der Waals surface area contributed by atoms with Gasteiger partial charge in [-0.2, -0.15) is 4.31 Å². The van der Waals surface area contributed by atoms with Crippen molar-refractivity contribution in [2.45, 2.75) is 38.1 Å². The third kappa shape index (κ3) is 3.51. The molecule has 2 aliphatic rings. The first-order chi connectivity index (χ1) is 15.1. The fourth-order valence-electron chi connectivity index (χ4n) is 4.26. The van der Waals surface area contributed by atoms with Crippen molar-refractivity contribution in [1.82, 2.24) is 19.3 Å². The van der Waals surface area contributed by atoms with Gasteiger partial charge in [0.05, 0.1) is 11.1 Å². The summed E-state index contributed by atoms with van der Waals surface area (Å²) < 4.78 is 32.5. The van der Waals surface area contributed by atoms with Gasteiger partial charge >= 0.3 is 0 Å². The molecule has 2 aromatic rings. The van der Waals surface area contributed by atoms with Crippen molar-refractivity contribution in [2.75, 3.05) is 26.2 Å². The molecule has 0 N–H and O–H groups in total. The molecule has 3 amide bonds. The molecule has 1 aromatic carbocycles. The SMILES string of the molecule is Cc1noc(C)c1S(=O)(=O)N1CCCN(C(=O)C(C)N2C(=O)c3ccccc3C2=O)CC1. The van der Waals surface area contributed by atoms with Crippen LogP contribution in [0.1, 0.15) is 45.5 Å². The van der Waals surface area contributed by atoms with Gasteiger partial charge in [-0.3, -0.25) is 19.3 Å². The highest BCUT2D eigenvalue weighted by atomic mass is 32.2. The lowest BCUT2D eigenvalue weighted by Gasteiger charge is -2.28. The van der Waals surface area contributed by atoms with E-state index < -0.39 is 33.8 Å². The Morgan fingerprint density at radius 2 is 1.66 bits per heavy atom. The van der Waals surface area contributed by atoms with Gasteiger partial charge < -0.3 is 9.42 Å². The van der Waals surface area contributed by atoms with Crippen LogP contribution in [0, 0.1) is 13.8 Å². The summed E-state index contributed by atoms with van der Waals surface area (Å²) in [6.45, 7) is 5.43. The number of rotatable bonds is 4. The van der Waals surface area contributed by atoms with E-state index >= 15 is 0 Å². The molecule has 1 unspecified atom stereocenters. The number of nitrogens with zero attached hydrogens (tertiary/aromatic N) is 4. The van der Waals surface area contributed by atoms with Crippen molar-refractivity contribution in [3.8, 4) is 0 Å². The second kappa shape index (κ2) is 8.14. The maximum absolute atomic E-state index is 13.2. The fraction of sp³-hybridized carbons (Fsp3) is 0.429. The Kier molecular flexibility index (Phi) is 5.63. The number of benzene rings is 1. The quantitative estimate of drug-likeness (QED) is 0.629. The van der Waals surface area contributed by atoms with Crippen molar-refractivity contribution >= 4 is 27.7 Å². The summed E-state index contributed by atoms with van der Waals surface area (Å²) in [6, 6.07) is 5.48. The Balaban J connectivity index is 1.49. The zero-order chi connectivity index (χ0) is 23.2. The molecule has 170 valence electrons. The number of amides is 3. The maximum Gasteiger partial charge on any atom is 0.262 e. The predicted octanol–water partition coefficient (Wildman–Crippen LogP) is 1.20. The van der Waals surface area contributed by atoms with E-state index in [2.05, 4.69) is 5.16 Å². The molecular weight excluding hydrogens is 436 g/mol. The average Bonchev–Trinajstić information content (AvgIpc) is 3.10. The Bertz CT molecular complexity index is 1150. The number of aryl methyl sites for hydroxylation is 2. The molecule has 1 atom stereocenters. The Morgan fingerprint density at radius 3 is 2.22 bits per heavy atom. The molecule has 1 aromatic heterocycles. The van der Waals surface area contributed by atoms with Gasteiger partial charge in [-0.1, -0.05) is 17.3 Å². The lowest BCUT2D eigenvalue weighted by molar-refractivity contribution is -0.134. The van der Waals surface area contributed by atoms with Crippen molar-refractivity contribution in [3.05, 3.63) is 46.8 Å². The van der Waals surface area contributed by atoms with Crippen molar-refractivity contribution in [2.24, 2.45) is 0 Å². The summed E-state index contributed by atoms with van der Waals surface area (Å²) in [7, 11) is -3.82. The molecule has 2 aliphatic heterocycles. The average molecular weight is 461 g/mol. The molecule has 0 spiro atoms. The van der Waals surface area contributed by atoms with Gasteiger partial charge in [0.15, 0.2) is 5.76 Å². The molecule has 1 saturated heterocycles. The number of aromatic nitrogens is 1. The lowest BCUT2D eigenvalue weighted by Crippen LogP contribution is -2.50. The van der Waals surface area contributed by atoms with E-state index in [1.54, 1.807) is 38.1 Å². The van der Waals surface area contributed by atoms with Crippen molar-refractivity contribution in [3.63, 3.8) is 0 Å². The Hall–Kier alpha value is -3.05. The zero-order valence-corrected chi connectivity index (χ0v) is 18.9. The summed E-state index contributed by atoms with van der Waals surface area (Å²) in [4.78, 5) is 41.1. The third-order valence-corrected chi connectivity index (χ3v) is 8.05. The predicted molar refractivity (Wildman–Crippen MR) is 112 cm³/mol. The highest BCUT2D eigenvalue weighted by Gasteiger charge is 2.42.